The molecule has 1 fully saturated rings. The summed E-state index contributed by atoms with van der Waals surface area (Å²) in [4.78, 5) is 29.8. The first-order valence-electron chi connectivity index (χ1n) is 11.2. The van der Waals surface area contributed by atoms with Gasteiger partial charge in [0, 0.05) is 25.1 Å². The largest absolute Gasteiger partial charge is 0.507 e. The molecule has 2 atom stereocenters. The van der Waals surface area contributed by atoms with Crippen LogP contribution in [0.2, 0.25) is 0 Å². The number of hydrogen-bond acceptors (Lipinski definition) is 6. The zero-order chi connectivity index (χ0) is 23.0. The van der Waals surface area contributed by atoms with Gasteiger partial charge in [0.2, 0.25) is 0 Å². The Balaban J connectivity index is 1.76. The molecule has 0 spiro atoms. The molecule has 1 saturated heterocycles. The molecular weight excluding hydrogens is 408 g/mol. The van der Waals surface area contributed by atoms with Gasteiger partial charge in [-0.25, -0.2) is 0 Å². The fourth-order valence-corrected chi connectivity index (χ4v) is 4.52. The fourth-order valence-electron chi connectivity index (χ4n) is 4.52. The van der Waals surface area contributed by atoms with Crippen molar-refractivity contribution < 1.29 is 23.8 Å². The van der Waals surface area contributed by atoms with Crippen molar-refractivity contribution in [1.82, 2.24) is 9.80 Å². The van der Waals surface area contributed by atoms with Crippen LogP contribution < -0.4 is 4.74 Å². The number of carbonyl (C=O) groups is 2. The number of carbonyl (C=O) groups excluding carboxylic acids is 2. The number of amides is 1. The summed E-state index contributed by atoms with van der Waals surface area (Å²) in [6.45, 7) is 10.6. The number of hydrogen-bond donors (Lipinski definition) is 1. The normalized spacial score (nSPS) is 22.0. The van der Waals surface area contributed by atoms with Crippen LogP contribution in [-0.4, -0.2) is 58.9 Å². The fraction of sp³-hybridized carbons (Fsp3) is 0.440. The molecule has 1 aromatic carbocycles. The number of aliphatic hydroxyl groups excluding tert-OH is 1. The SMILES string of the molecule is CCN(CC)CCN1C(=O)C(=O)/C(=C(/O)c2ccc3c(c2)C[C@H](C)O3)[C@H]1c1ccc(C)o1. The average Bonchev–Trinajstić information content (AvgIpc) is 3.44. The van der Waals surface area contributed by atoms with Gasteiger partial charge in [0.05, 0.1) is 5.57 Å². The summed E-state index contributed by atoms with van der Waals surface area (Å²) in [5.74, 6) is 0.447. The van der Waals surface area contributed by atoms with Crippen molar-refractivity contribution >= 4 is 17.4 Å². The van der Waals surface area contributed by atoms with E-state index in [1.54, 1.807) is 24.3 Å². The van der Waals surface area contributed by atoms with Crippen molar-refractivity contribution in [3.05, 3.63) is 58.6 Å². The van der Waals surface area contributed by atoms with Crippen LogP contribution in [0.15, 0.2) is 40.3 Å². The van der Waals surface area contributed by atoms with Crippen molar-refractivity contribution in [2.45, 2.75) is 46.3 Å². The Bertz CT molecular complexity index is 1070. The number of benzene rings is 1. The Kier molecular flexibility index (Phi) is 6.11. The van der Waals surface area contributed by atoms with Gasteiger partial charge in [-0.3, -0.25) is 9.59 Å². The molecule has 0 aliphatic carbocycles. The van der Waals surface area contributed by atoms with Gasteiger partial charge in [-0.05, 0) is 62.8 Å². The predicted octanol–water partition coefficient (Wildman–Crippen LogP) is 3.67. The molecule has 7 heteroatoms. The minimum Gasteiger partial charge on any atom is -0.507 e. The van der Waals surface area contributed by atoms with Crippen LogP contribution in [0, 0.1) is 6.92 Å². The number of ketones is 1. The highest BCUT2D eigenvalue weighted by atomic mass is 16.5. The third-order valence-corrected chi connectivity index (χ3v) is 6.29. The Hall–Kier alpha value is -3.06. The molecule has 170 valence electrons. The molecule has 0 radical (unpaired) electrons. The molecule has 2 aromatic rings. The Morgan fingerprint density at radius 3 is 2.59 bits per heavy atom. The Morgan fingerprint density at radius 2 is 1.94 bits per heavy atom. The standard InChI is InChI=1S/C25H30N2O5/c1-5-26(6-2)11-12-27-22(20-9-7-15(3)31-20)21(24(29)25(27)30)23(28)17-8-10-19-18(14-17)13-16(4)32-19/h7-10,14,16,22,28H,5-6,11-13H2,1-4H3/b23-21+/t16-,22+/m0/s1. The maximum Gasteiger partial charge on any atom is 0.295 e. The first kappa shape index (κ1) is 22.1. The number of rotatable bonds is 7. The van der Waals surface area contributed by atoms with Crippen LogP contribution in [0.5, 0.6) is 5.75 Å². The number of furan rings is 1. The first-order chi connectivity index (χ1) is 15.3. The number of likely N-dealkylation sites (tertiary alicyclic amines) is 1. The molecule has 1 amide bonds. The van der Waals surface area contributed by atoms with Gasteiger partial charge in [0.1, 0.15) is 35.2 Å². The first-order valence-corrected chi connectivity index (χ1v) is 11.2. The topological polar surface area (TPSA) is 83.2 Å². The molecule has 3 heterocycles. The number of ether oxygens (including phenoxy) is 1. The molecule has 2 aliphatic rings. The lowest BCUT2D eigenvalue weighted by Crippen LogP contribution is -2.37. The van der Waals surface area contributed by atoms with Crippen molar-refractivity contribution in [1.29, 1.82) is 0 Å². The number of nitrogens with zero attached hydrogens (tertiary/aromatic N) is 2. The highest BCUT2D eigenvalue weighted by Crippen LogP contribution is 2.41. The summed E-state index contributed by atoms with van der Waals surface area (Å²) in [6, 6.07) is 8.16. The maximum atomic E-state index is 13.1. The molecule has 32 heavy (non-hydrogen) atoms. The van der Waals surface area contributed by atoms with Gasteiger partial charge in [-0.1, -0.05) is 13.8 Å². The molecule has 1 N–H and O–H groups in total. The van der Waals surface area contributed by atoms with E-state index in [1.165, 1.54) is 4.90 Å². The van der Waals surface area contributed by atoms with Crippen molar-refractivity contribution in [3.63, 3.8) is 0 Å². The van der Waals surface area contributed by atoms with E-state index >= 15 is 0 Å². The van der Waals surface area contributed by atoms with Gasteiger partial charge in [-0.15, -0.1) is 0 Å². The summed E-state index contributed by atoms with van der Waals surface area (Å²) in [6.07, 6.45) is 0.800. The van der Waals surface area contributed by atoms with Gasteiger partial charge in [0.25, 0.3) is 11.7 Å². The van der Waals surface area contributed by atoms with Crippen LogP contribution in [0.1, 0.15) is 49.5 Å². The van der Waals surface area contributed by atoms with Crippen LogP contribution in [0.25, 0.3) is 5.76 Å². The zero-order valence-electron chi connectivity index (χ0n) is 19.1. The molecule has 7 nitrogen and oxygen atoms in total. The Labute approximate surface area is 188 Å². The van der Waals surface area contributed by atoms with Gasteiger partial charge in [-0.2, -0.15) is 0 Å². The molecule has 0 bridgehead atoms. The van der Waals surface area contributed by atoms with E-state index in [0.717, 1.165) is 30.8 Å². The number of Topliss-reactive ketones (excluding diaryl/α,β-unsaturated/α-hetero) is 1. The van der Waals surface area contributed by atoms with Crippen LogP contribution in [0.4, 0.5) is 0 Å². The smallest absolute Gasteiger partial charge is 0.295 e. The number of likely N-dealkylation sites (N-methyl/N-ethyl adjacent to an activating group) is 1. The van der Waals surface area contributed by atoms with E-state index in [9.17, 15) is 14.7 Å². The van der Waals surface area contributed by atoms with Crippen LogP contribution in [0.3, 0.4) is 0 Å². The minimum absolute atomic E-state index is 0.0656. The summed E-state index contributed by atoms with van der Waals surface area (Å²) in [5, 5.41) is 11.2. The summed E-state index contributed by atoms with van der Waals surface area (Å²) in [7, 11) is 0. The third-order valence-electron chi connectivity index (χ3n) is 6.29. The molecule has 1 aromatic heterocycles. The number of aliphatic hydroxyl groups is 1. The molecule has 0 saturated carbocycles. The second kappa shape index (κ2) is 8.82. The highest BCUT2D eigenvalue weighted by Gasteiger charge is 2.47. The second-order valence-electron chi connectivity index (χ2n) is 8.42. The van der Waals surface area contributed by atoms with Crippen molar-refractivity contribution in [2.75, 3.05) is 26.2 Å². The van der Waals surface area contributed by atoms with E-state index in [1.807, 2.05) is 19.9 Å². The van der Waals surface area contributed by atoms with Crippen LogP contribution in [-0.2, 0) is 16.0 Å². The molecule has 0 unspecified atom stereocenters. The molecule has 2 aliphatic heterocycles. The lowest BCUT2D eigenvalue weighted by molar-refractivity contribution is -0.140. The number of aryl methyl sites for hydroxylation is 1. The van der Waals surface area contributed by atoms with Crippen LogP contribution >= 0.6 is 0 Å². The van der Waals surface area contributed by atoms with E-state index in [2.05, 4.69) is 18.7 Å². The van der Waals surface area contributed by atoms with E-state index in [0.29, 0.717) is 30.2 Å². The van der Waals surface area contributed by atoms with Gasteiger partial charge >= 0.3 is 0 Å². The lowest BCUT2D eigenvalue weighted by atomic mass is 9.97. The van der Waals surface area contributed by atoms with Gasteiger partial charge in [0.15, 0.2) is 0 Å². The highest BCUT2D eigenvalue weighted by molar-refractivity contribution is 6.46. The maximum absolute atomic E-state index is 13.1. The zero-order valence-corrected chi connectivity index (χ0v) is 19.1. The monoisotopic (exact) mass is 438 g/mol. The van der Waals surface area contributed by atoms with Crippen molar-refractivity contribution in [3.8, 4) is 5.75 Å². The summed E-state index contributed by atoms with van der Waals surface area (Å²) in [5.41, 5.74) is 1.54. The average molecular weight is 439 g/mol. The predicted molar refractivity (Wildman–Crippen MR) is 120 cm³/mol. The second-order valence-corrected chi connectivity index (χ2v) is 8.42. The Morgan fingerprint density at radius 1 is 1.19 bits per heavy atom. The van der Waals surface area contributed by atoms with Crippen molar-refractivity contribution in [2.24, 2.45) is 0 Å². The minimum atomic E-state index is -0.761. The molecule has 4 rings (SSSR count). The summed E-state index contributed by atoms with van der Waals surface area (Å²) < 4.78 is 11.6. The van der Waals surface area contributed by atoms with E-state index in [-0.39, 0.29) is 17.4 Å². The van der Waals surface area contributed by atoms with E-state index in [4.69, 9.17) is 9.15 Å². The number of fused-ring (bicyclic) bond motifs is 1. The quantitative estimate of drug-likeness (QED) is 0.403. The van der Waals surface area contributed by atoms with Gasteiger partial charge < -0.3 is 24.1 Å². The lowest BCUT2D eigenvalue weighted by Gasteiger charge is -2.26. The summed E-state index contributed by atoms with van der Waals surface area (Å²) >= 11 is 0. The van der Waals surface area contributed by atoms with E-state index < -0.39 is 17.7 Å². The third kappa shape index (κ3) is 3.93. The molecular formula is C25H30N2O5.